The summed E-state index contributed by atoms with van der Waals surface area (Å²) in [4.78, 5) is 27.6. The second-order valence-electron chi connectivity index (χ2n) is 9.92. The summed E-state index contributed by atoms with van der Waals surface area (Å²) in [5, 5.41) is 12.6. The maximum Gasteiger partial charge on any atom is 0.278 e. The predicted molar refractivity (Wildman–Crippen MR) is 137 cm³/mol. The summed E-state index contributed by atoms with van der Waals surface area (Å²) in [5.41, 5.74) is 1.69. The molecule has 0 saturated carbocycles. The van der Waals surface area contributed by atoms with Crippen LogP contribution in [0.25, 0.3) is 6.08 Å². The van der Waals surface area contributed by atoms with E-state index in [4.69, 9.17) is 0 Å². The minimum Gasteiger partial charge on any atom is -0.502 e. The molecule has 0 bridgehead atoms. The average Bonchev–Trinajstić information content (AvgIpc) is 3.43. The van der Waals surface area contributed by atoms with Crippen molar-refractivity contribution in [2.24, 2.45) is 0 Å². The van der Waals surface area contributed by atoms with Gasteiger partial charge in [-0.25, -0.2) is 13.2 Å². The van der Waals surface area contributed by atoms with Crippen LogP contribution in [0.5, 0.6) is 5.75 Å². The molecule has 1 amide bonds. The van der Waals surface area contributed by atoms with E-state index in [1.165, 1.54) is 27.9 Å². The van der Waals surface area contributed by atoms with Crippen LogP contribution < -0.4 is 10.4 Å². The van der Waals surface area contributed by atoms with Crippen LogP contribution in [-0.4, -0.2) is 27.3 Å². The van der Waals surface area contributed by atoms with Crippen molar-refractivity contribution in [2.45, 2.75) is 18.5 Å². The number of carbonyl (C=O) groups excluding carboxylic acids is 1. The van der Waals surface area contributed by atoms with Crippen LogP contribution in [-0.2, 0) is 18.5 Å². The topological polar surface area (TPSA) is 65.8 Å². The Kier molecular flexibility index (Phi) is 4.85. The molecular weight excluding hydrogens is 507 g/mol. The van der Waals surface area contributed by atoms with E-state index in [0.717, 1.165) is 28.8 Å². The molecule has 0 fully saturated rings. The fraction of sp³-hybridized carbons (Fsp3) is 0.133. The van der Waals surface area contributed by atoms with E-state index < -0.39 is 40.1 Å². The van der Waals surface area contributed by atoms with E-state index in [9.17, 15) is 23.5 Å². The largest absolute Gasteiger partial charge is 0.502 e. The molecule has 3 aromatic carbocycles. The Balaban J connectivity index is 1.49. The van der Waals surface area contributed by atoms with Crippen molar-refractivity contribution in [1.29, 1.82) is 0 Å². The maximum absolute atomic E-state index is 15.2. The van der Waals surface area contributed by atoms with Gasteiger partial charge in [0.15, 0.2) is 23.1 Å². The SMILES string of the molecule is O=C1c2c(O)c(=O)ccn2N(C23C(=Cc4ccccc42)Cc2c3ccc(F)c2F)CN1Cc1ccc(F)cc1. The molecule has 3 aliphatic rings. The van der Waals surface area contributed by atoms with Crippen LogP contribution in [0.15, 0.2) is 83.3 Å². The Morgan fingerprint density at radius 1 is 0.897 bits per heavy atom. The van der Waals surface area contributed by atoms with Crippen molar-refractivity contribution >= 4 is 12.0 Å². The summed E-state index contributed by atoms with van der Waals surface area (Å²) < 4.78 is 44.6. The number of amides is 1. The fourth-order valence-electron chi connectivity index (χ4n) is 6.21. The summed E-state index contributed by atoms with van der Waals surface area (Å²) in [6.45, 7) is 0.0230. The van der Waals surface area contributed by atoms with Crippen molar-refractivity contribution in [3.05, 3.63) is 140 Å². The molecule has 6 nitrogen and oxygen atoms in total. The lowest BCUT2D eigenvalue weighted by Gasteiger charge is -2.49. The zero-order valence-electron chi connectivity index (χ0n) is 20.4. The number of aromatic hydroxyl groups is 1. The first-order valence-corrected chi connectivity index (χ1v) is 12.3. The quantitative estimate of drug-likeness (QED) is 0.429. The third-order valence-corrected chi connectivity index (χ3v) is 7.88. The number of hydrogen-bond donors (Lipinski definition) is 1. The van der Waals surface area contributed by atoms with Gasteiger partial charge in [-0.05, 0) is 46.0 Å². The summed E-state index contributed by atoms with van der Waals surface area (Å²) in [6, 6.07) is 17.1. The molecule has 0 spiro atoms. The zero-order valence-corrected chi connectivity index (χ0v) is 20.4. The molecular formula is C30H20F3N3O3. The molecule has 1 aromatic heterocycles. The Hall–Kier alpha value is -4.79. The van der Waals surface area contributed by atoms with Gasteiger partial charge in [-0.2, -0.15) is 0 Å². The standard InChI is InChI=1S/C30H20F3N3O3/c31-20-7-5-17(6-8-20)15-34-16-36(35-12-11-25(37)28(38)27(35)29(34)39)30-19(13-18-3-1-2-4-22(18)30)14-21-23(30)9-10-24(32)26(21)33/h1-13,38H,14-16H2. The highest BCUT2D eigenvalue weighted by Crippen LogP contribution is 2.56. The van der Waals surface area contributed by atoms with Gasteiger partial charge in [-0.15, -0.1) is 0 Å². The molecule has 1 atom stereocenters. The van der Waals surface area contributed by atoms with Crippen molar-refractivity contribution in [3.8, 4) is 5.75 Å². The predicted octanol–water partition coefficient (Wildman–Crippen LogP) is 4.42. The first-order chi connectivity index (χ1) is 18.8. The van der Waals surface area contributed by atoms with Gasteiger partial charge in [-0.1, -0.05) is 48.5 Å². The first-order valence-electron chi connectivity index (χ1n) is 12.3. The molecule has 7 rings (SSSR count). The van der Waals surface area contributed by atoms with Gasteiger partial charge in [0.25, 0.3) is 5.91 Å². The van der Waals surface area contributed by atoms with Gasteiger partial charge in [0, 0.05) is 30.8 Å². The molecule has 0 saturated heterocycles. The third kappa shape index (κ3) is 3.10. The van der Waals surface area contributed by atoms with Crippen LogP contribution in [0.3, 0.4) is 0 Å². The van der Waals surface area contributed by atoms with Gasteiger partial charge in [-0.3, -0.25) is 19.3 Å². The first kappa shape index (κ1) is 23.3. The highest BCUT2D eigenvalue weighted by molar-refractivity contribution is 5.96. The Bertz CT molecular complexity index is 1800. The smallest absolute Gasteiger partial charge is 0.278 e. The number of rotatable bonds is 3. The second kappa shape index (κ2) is 8.10. The lowest BCUT2D eigenvalue weighted by Crippen LogP contribution is -2.62. The highest BCUT2D eigenvalue weighted by atomic mass is 19.2. The number of aromatic nitrogens is 1. The molecule has 1 aliphatic heterocycles. The summed E-state index contributed by atoms with van der Waals surface area (Å²) in [7, 11) is 0. The van der Waals surface area contributed by atoms with Crippen molar-refractivity contribution in [1.82, 2.24) is 9.58 Å². The molecule has 0 radical (unpaired) electrons. The molecule has 39 heavy (non-hydrogen) atoms. The molecule has 4 aromatic rings. The highest BCUT2D eigenvalue weighted by Gasteiger charge is 2.56. The summed E-state index contributed by atoms with van der Waals surface area (Å²) in [6.07, 6.45) is 3.49. The van der Waals surface area contributed by atoms with E-state index in [1.807, 2.05) is 30.3 Å². The lowest BCUT2D eigenvalue weighted by atomic mass is 9.83. The van der Waals surface area contributed by atoms with E-state index in [0.29, 0.717) is 11.1 Å². The maximum atomic E-state index is 15.2. The number of fused-ring (bicyclic) bond motifs is 6. The third-order valence-electron chi connectivity index (χ3n) is 7.88. The van der Waals surface area contributed by atoms with Gasteiger partial charge >= 0.3 is 0 Å². The molecule has 194 valence electrons. The minimum absolute atomic E-state index is 0.0321. The number of halogens is 3. The Morgan fingerprint density at radius 2 is 1.67 bits per heavy atom. The van der Waals surface area contributed by atoms with Crippen LogP contribution in [0.1, 0.15) is 38.3 Å². The van der Waals surface area contributed by atoms with Crippen molar-refractivity contribution in [2.75, 3.05) is 11.7 Å². The number of nitrogens with zero attached hydrogens (tertiary/aromatic N) is 3. The number of pyridine rings is 1. The lowest BCUT2D eigenvalue weighted by molar-refractivity contribution is 0.0652. The van der Waals surface area contributed by atoms with Crippen molar-refractivity contribution < 1.29 is 23.1 Å². The van der Waals surface area contributed by atoms with E-state index in [-0.39, 0.29) is 30.9 Å². The average molecular weight is 528 g/mol. The fourth-order valence-corrected chi connectivity index (χ4v) is 6.21. The van der Waals surface area contributed by atoms with Crippen molar-refractivity contribution in [3.63, 3.8) is 0 Å². The normalized spacial score (nSPS) is 18.9. The van der Waals surface area contributed by atoms with E-state index in [2.05, 4.69) is 0 Å². The molecule has 9 heteroatoms. The van der Waals surface area contributed by atoms with Crippen LogP contribution in [0, 0.1) is 17.5 Å². The molecule has 1 unspecified atom stereocenters. The van der Waals surface area contributed by atoms with E-state index in [1.54, 1.807) is 23.2 Å². The van der Waals surface area contributed by atoms with Gasteiger partial charge in [0.05, 0.1) is 0 Å². The Morgan fingerprint density at radius 3 is 2.46 bits per heavy atom. The monoisotopic (exact) mass is 527 g/mol. The number of benzene rings is 3. The van der Waals surface area contributed by atoms with Gasteiger partial charge in [0.2, 0.25) is 5.43 Å². The molecule has 1 N–H and O–H groups in total. The Labute approximate surface area is 220 Å². The van der Waals surface area contributed by atoms with Crippen LogP contribution >= 0.6 is 0 Å². The van der Waals surface area contributed by atoms with E-state index >= 15 is 4.39 Å². The number of hydrogen-bond acceptors (Lipinski definition) is 4. The zero-order chi connectivity index (χ0) is 27.1. The number of carbonyl (C=O) groups is 1. The molecule has 2 aliphatic carbocycles. The minimum atomic E-state index is -1.15. The van der Waals surface area contributed by atoms with Gasteiger partial charge < -0.3 is 10.0 Å². The molecule has 2 heterocycles. The van der Waals surface area contributed by atoms with Gasteiger partial charge in [0.1, 0.15) is 18.0 Å². The van der Waals surface area contributed by atoms with Crippen LogP contribution in [0.2, 0.25) is 0 Å². The summed E-state index contributed by atoms with van der Waals surface area (Å²) in [5.74, 6) is -3.62. The van der Waals surface area contributed by atoms with Crippen LogP contribution in [0.4, 0.5) is 13.2 Å². The summed E-state index contributed by atoms with van der Waals surface area (Å²) >= 11 is 0. The second-order valence-corrected chi connectivity index (χ2v) is 9.92.